The predicted molar refractivity (Wildman–Crippen MR) is 96.5 cm³/mol. The summed E-state index contributed by atoms with van der Waals surface area (Å²) >= 11 is 6.43. The minimum Gasteiger partial charge on any atom is -0.361 e. The van der Waals surface area contributed by atoms with Gasteiger partial charge >= 0.3 is 0 Å². The van der Waals surface area contributed by atoms with Crippen molar-refractivity contribution in [1.82, 2.24) is 10.3 Å². The molecule has 0 bridgehead atoms. The third kappa shape index (κ3) is 2.31. The van der Waals surface area contributed by atoms with Crippen LogP contribution in [0, 0.1) is 13.8 Å². The van der Waals surface area contributed by atoms with E-state index in [1.165, 1.54) is 0 Å². The van der Waals surface area contributed by atoms with Crippen molar-refractivity contribution in [2.75, 3.05) is 5.32 Å². The molecule has 0 unspecified atom stereocenters. The number of carbonyl (C=O) groups is 1. The Kier molecular flexibility index (Phi) is 3.43. The van der Waals surface area contributed by atoms with Crippen molar-refractivity contribution in [2.45, 2.75) is 20.0 Å². The Hall–Kier alpha value is -2.59. The average molecular weight is 338 g/mol. The van der Waals surface area contributed by atoms with E-state index in [0.717, 1.165) is 33.3 Å². The Bertz CT molecular complexity index is 984. The molecule has 24 heavy (non-hydrogen) atoms. The van der Waals surface area contributed by atoms with Gasteiger partial charge in [0.1, 0.15) is 11.3 Å². The standard InChI is InChI=1S/C19H16ClN3O/c1-10-7-8-11(2)16-13(10)9-14(17(20)22-16)18-21-15-6-4-3-5-12(15)19(24)23-18/h3-9,18,21H,1-2H3,(H,23,24)/t18-/m0/s1. The smallest absolute Gasteiger partial charge is 0.255 e. The van der Waals surface area contributed by atoms with Gasteiger partial charge in [0.2, 0.25) is 0 Å². The van der Waals surface area contributed by atoms with Crippen molar-refractivity contribution < 1.29 is 4.79 Å². The van der Waals surface area contributed by atoms with Gasteiger partial charge in [0.15, 0.2) is 0 Å². The fourth-order valence-electron chi connectivity index (χ4n) is 3.09. The summed E-state index contributed by atoms with van der Waals surface area (Å²) in [5, 5.41) is 7.72. The number of hydrogen-bond donors (Lipinski definition) is 2. The molecule has 0 aliphatic carbocycles. The van der Waals surface area contributed by atoms with Crippen LogP contribution in [0.1, 0.15) is 33.2 Å². The quantitative estimate of drug-likeness (QED) is 0.649. The topological polar surface area (TPSA) is 54.0 Å². The zero-order valence-electron chi connectivity index (χ0n) is 13.4. The normalized spacial score (nSPS) is 16.5. The highest BCUT2D eigenvalue weighted by atomic mass is 35.5. The van der Waals surface area contributed by atoms with Crippen LogP contribution in [0.3, 0.4) is 0 Å². The van der Waals surface area contributed by atoms with E-state index in [1.807, 2.05) is 44.2 Å². The molecular weight excluding hydrogens is 322 g/mol. The Morgan fingerprint density at radius 1 is 1.04 bits per heavy atom. The lowest BCUT2D eigenvalue weighted by Crippen LogP contribution is -2.38. The summed E-state index contributed by atoms with van der Waals surface area (Å²) in [7, 11) is 0. The van der Waals surface area contributed by atoms with Gasteiger partial charge in [0, 0.05) is 16.6 Å². The molecule has 4 rings (SSSR count). The maximum Gasteiger partial charge on any atom is 0.255 e. The first-order valence-electron chi connectivity index (χ1n) is 7.77. The number of hydrogen-bond acceptors (Lipinski definition) is 3. The first-order valence-corrected chi connectivity index (χ1v) is 8.15. The van der Waals surface area contributed by atoms with E-state index in [2.05, 4.69) is 21.7 Å². The van der Waals surface area contributed by atoms with Crippen LogP contribution in [0.25, 0.3) is 10.9 Å². The van der Waals surface area contributed by atoms with Crippen molar-refractivity contribution in [3.05, 3.63) is 69.9 Å². The van der Waals surface area contributed by atoms with E-state index in [4.69, 9.17) is 11.6 Å². The fourth-order valence-corrected chi connectivity index (χ4v) is 3.34. The highest BCUT2D eigenvalue weighted by Crippen LogP contribution is 2.32. The lowest BCUT2D eigenvalue weighted by atomic mass is 10.0. The highest BCUT2D eigenvalue weighted by molar-refractivity contribution is 6.30. The number of carbonyl (C=O) groups excluding carboxylic acids is 1. The van der Waals surface area contributed by atoms with Crippen LogP contribution < -0.4 is 10.6 Å². The van der Waals surface area contributed by atoms with Crippen LogP contribution in [0.2, 0.25) is 5.15 Å². The van der Waals surface area contributed by atoms with Gasteiger partial charge in [0.25, 0.3) is 5.91 Å². The molecule has 0 fully saturated rings. The van der Waals surface area contributed by atoms with Gasteiger partial charge in [-0.1, -0.05) is 35.9 Å². The second-order valence-electron chi connectivity index (χ2n) is 6.06. The largest absolute Gasteiger partial charge is 0.361 e. The van der Waals surface area contributed by atoms with Crippen LogP contribution in [-0.4, -0.2) is 10.9 Å². The van der Waals surface area contributed by atoms with Crippen LogP contribution in [0.5, 0.6) is 0 Å². The number of benzene rings is 2. The molecule has 0 spiro atoms. The third-order valence-electron chi connectivity index (χ3n) is 4.44. The minimum absolute atomic E-state index is 0.119. The van der Waals surface area contributed by atoms with E-state index in [-0.39, 0.29) is 5.91 Å². The number of aromatic nitrogens is 1. The highest BCUT2D eigenvalue weighted by Gasteiger charge is 2.26. The van der Waals surface area contributed by atoms with Crippen LogP contribution >= 0.6 is 11.6 Å². The summed E-state index contributed by atoms with van der Waals surface area (Å²) in [6, 6.07) is 13.5. The second kappa shape index (κ2) is 5.49. The van der Waals surface area contributed by atoms with E-state index < -0.39 is 6.17 Å². The number of nitrogens with zero attached hydrogens (tertiary/aromatic N) is 1. The maximum atomic E-state index is 12.4. The van der Waals surface area contributed by atoms with Crippen molar-refractivity contribution in [3.63, 3.8) is 0 Å². The summed E-state index contributed by atoms with van der Waals surface area (Å²) < 4.78 is 0. The molecular formula is C19H16ClN3O. The molecule has 1 atom stereocenters. The summed E-state index contributed by atoms with van der Waals surface area (Å²) in [5.41, 5.74) is 5.29. The predicted octanol–water partition coefficient (Wildman–Crippen LogP) is 4.36. The summed E-state index contributed by atoms with van der Waals surface area (Å²) in [6.07, 6.45) is -0.406. The Balaban J connectivity index is 1.84. The molecule has 0 radical (unpaired) electrons. The molecule has 3 aromatic rings. The molecule has 2 heterocycles. The zero-order chi connectivity index (χ0) is 16.8. The molecule has 1 amide bonds. The molecule has 1 aromatic heterocycles. The number of nitrogens with one attached hydrogen (secondary N) is 2. The fraction of sp³-hybridized carbons (Fsp3) is 0.158. The van der Waals surface area contributed by atoms with E-state index in [9.17, 15) is 4.79 Å². The van der Waals surface area contributed by atoms with Crippen LogP contribution in [0.4, 0.5) is 5.69 Å². The molecule has 120 valence electrons. The van der Waals surface area contributed by atoms with Gasteiger partial charge in [-0.3, -0.25) is 4.79 Å². The Morgan fingerprint density at radius 2 is 1.79 bits per heavy atom. The van der Waals surface area contributed by atoms with Gasteiger partial charge in [-0.15, -0.1) is 0 Å². The van der Waals surface area contributed by atoms with E-state index in [1.54, 1.807) is 6.07 Å². The summed E-state index contributed by atoms with van der Waals surface area (Å²) in [5.74, 6) is -0.119. The van der Waals surface area contributed by atoms with Crippen molar-refractivity contribution in [1.29, 1.82) is 0 Å². The SMILES string of the molecule is Cc1ccc(C)c2nc(Cl)c([C@@H]3NC(=O)c4ccccc4N3)cc12. The lowest BCUT2D eigenvalue weighted by molar-refractivity contribution is 0.0935. The molecule has 1 aliphatic rings. The molecule has 0 saturated carbocycles. The minimum atomic E-state index is -0.406. The monoisotopic (exact) mass is 337 g/mol. The molecule has 4 nitrogen and oxygen atoms in total. The van der Waals surface area contributed by atoms with Gasteiger partial charge in [-0.25, -0.2) is 4.98 Å². The summed E-state index contributed by atoms with van der Waals surface area (Å²) in [4.78, 5) is 16.9. The number of para-hydroxylation sites is 1. The van der Waals surface area contributed by atoms with Crippen molar-refractivity contribution in [2.24, 2.45) is 0 Å². The molecule has 5 heteroatoms. The van der Waals surface area contributed by atoms with Crippen molar-refractivity contribution in [3.8, 4) is 0 Å². The lowest BCUT2D eigenvalue weighted by Gasteiger charge is -2.28. The summed E-state index contributed by atoms with van der Waals surface area (Å²) in [6.45, 7) is 4.06. The number of anilines is 1. The Morgan fingerprint density at radius 3 is 2.62 bits per heavy atom. The molecule has 1 aliphatic heterocycles. The van der Waals surface area contributed by atoms with Crippen molar-refractivity contribution >= 4 is 34.1 Å². The molecule has 2 aromatic carbocycles. The first kappa shape index (κ1) is 15.0. The number of fused-ring (bicyclic) bond motifs is 2. The van der Waals surface area contributed by atoms with Gasteiger partial charge in [-0.2, -0.15) is 0 Å². The average Bonchev–Trinajstić information content (AvgIpc) is 2.58. The number of rotatable bonds is 1. The van der Waals surface area contributed by atoms with Crippen LogP contribution in [-0.2, 0) is 0 Å². The van der Waals surface area contributed by atoms with Gasteiger partial charge in [0.05, 0.1) is 11.1 Å². The molecule has 0 saturated heterocycles. The Labute approximate surface area is 144 Å². The first-order chi connectivity index (χ1) is 11.5. The third-order valence-corrected chi connectivity index (χ3v) is 4.75. The van der Waals surface area contributed by atoms with Gasteiger partial charge < -0.3 is 10.6 Å². The second-order valence-corrected chi connectivity index (χ2v) is 6.42. The number of aryl methyl sites for hydroxylation is 2. The number of halogens is 1. The zero-order valence-corrected chi connectivity index (χ0v) is 14.1. The number of amides is 1. The van der Waals surface area contributed by atoms with E-state index in [0.29, 0.717) is 10.7 Å². The number of pyridine rings is 1. The van der Waals surface area contributed by atoms with E-state index >= 15 is 0 Å². The maximum absolute atomic E-state index is 12.4. The van der Waals surface area contributed by atoms with Crippen LogP contribution in [0.15, 0.2) is 42.5 Å². The van der Waals surface area contributed by atoms with Gasteiger partial charge in [-0.05, 0) is 43.2 Å². The molecule has 2 N–H and O–H groups in total.